The molecule has 2 amide bonds. The minimum atomic E-state index is 0.130. The summed E-state index contributed by atoms with van der Waals surface area (Å²) in [5.74, 6) is 0.821. The first-order chi connectivity index (χ1) is 33.4. The largest absolute Gasteiger partial charge is 0.396 e. The fourth-order valence-corrected chi connectivity index (χ4v) is 10.9. The van der Waals surface area contributed by atoms with Crippen LogP contribution in [0.5, 0.6) is 0 Å². The third-order valence-electron chi connectivity index (χ3n) is 15.9. The molecule has 0 unspecified atom stereocenters. The molecule has 1 N–H and O–H groups in total. The Morgan fingerprint density at radius 1 is 0.338 bits per heavy atom. The van der Waals surface area contributed by atoms with Gasteiger partial charge in [-0.1, -0.05) is 252 Å². The second-order valence-corrected chi connectivity index (χ2v) is 22.5. The second kappa shape index (κ2) is 49.4. The van der Waals surface area contributed by atoms with Gasteiger partial charge < -0.3 is 19.8 Å². The zero-order chi connectivity index (χ0) is 49.3. The Hall–Kier alpha value is -1.14. The van der Waals surface area contributed by atoms with Gasteiger partial charge in [0.15, 0.2) is 0 Å². The number of aliphatic hydroxyl groups excluding tert-OH is 1. The first-order valence-corrected chi connectivity index (χ1v) is 31.3. The van der Waals surface area contributed by atoms with Crippen LogP contribution in [0.15, 0.2) is 0 Å². The zero-order valence-electron chi connectivity index (χ0n) is 47.0. The van der Waals surface area contributed by atoms with Crippen LogP contribution in [0.4, 0.5) is 0 Å². The molecule has 6 heteroatoms. The van der Waals surface area contributed by atoms with E-state index in [0.29, 0.717) is 18.4 Å². The lowest BCUT2D eigenvalue weighted by atomic mass is 9.69. The molecule has 0 aliphatic heterocycles. The third kappa shape index (κ3) is 38.5. The summed E-state index contributed by atoms with van der Waals surface area (Å²) in [6.45, 7) is 16.7. The van der Waals surface area contributed by atoms with E-state index in [0.717, 1.165) is 84.3 Å². The Kier molecular flexibility index (Phi) is 47.2. The topological polar surface area (TPSA) is 64.1 Å². The highest BCUT2D eigenvalue weighted by Crippen LogP contribution is 2.41. The van der Waals surface area contributed by atoms with E-state index in [1.54, 1.807) is 0 Å². The summed E-state index contributed by atoms with van der Waals surface area (Å²) >= 11 is 0. The number of carbonyl (C=O) groups excluding carboxylic acids is 2. The standard InChI is InChI=1S/C62H123N3O3/c1-5-9-13-17-21-25-35-43-54-64(55-44-36-26-22-18-14-10-6-2)60(67)48-39-31-29-33-41-52-63(58-62(59-66)50-47-51-62)53-42-34-30-32-40-49-61(68)65(56-45-37-27-23-19-15-11-7-3)57-46-38-28-24-20-16-12-8-4/h66H,5-59H2,1-4H3. The Balaban J connectivity index is 2.44. The van der Waals surface area contributed by atoms with Crippen LogP contribution in [-0.2, 0) is 9.59 Å². The van der Waals surface area contributed by atoms with Gasteiger partial charge >= 0.3 is 0 Å². The number of nitrogens with zero attached hydrogens (tertiary/aromatic N) is 3. The summed E-state index contributed by atoms with van der Waals surface area (Å²) in [7, 11) is 0. The van der Waals surface area contributed by atoms with Crippen molar-refractivity contribution in [3.05, 3.63) is 0 Å². The van der Waals surface area contributed by atoms with E-state index in [2.05, 4.69) is 42.4 Å². The number of carbonyl (C=O) groups is 2. The Morgan fingerprint density at radius 2 is 0.574 bits per heavy atom. The van der Waals surface area contributed by atoms with Crippen molar-refractivity contribution in [3.8, 4) is 0 Å². The summed E-state index contributed by atoms with van der Waals surface area (Å²) in [6, 6.07) is 0. The Morgan fingerprint density at radius 3 is 0.809 bits per heavy atom. The van der Waals surface area contributed by atoms with Gasteiger partial charge in [-0.3, -0.25) is 9.59 Å². The maximum atomic E-state index is 13.5. The lowest BCUT2D eigenvalue weighted by molar-refractivity contribution is -0.132. The van der Waals surface area contributed by atoms with Crippen LogP contribution in [0.2, 0.25) is 0 Å². The maximum absolute atomic E-state index is 13.5. The molecule has 0 radical (unpaired) electrons. The van der Waals surface area contributed by atoms with Crippen molar-refractivity contribution in [2.75, 3.05) is 52.4 Å². The molecule has 0 aromatic carbocycles. The van der Waals surface area contributed by atoms with Gasteiger partial charge in [0.05, 0.1) is 0 Å². The number of hydrogen-bond acceptors (Lipinski definition) is 4. The number of hydrogen-bond donors (Lipinski definition) is 1. The van der Waals surface area contributed by atoms with Crippen LogP contribution in [0.1, 0.15) is 329 Å². The smallest absolute Gasteiger partial charge is 0.222 e. The van der Waals surface area contributed by atoms with E-state index in [-0.39, 0.29) is 5.41 Å². The highest BCUT2D eigenvalue weighted by molar-refractivity contribution is 5.76. The van der Waals surface area contributed by atoms with Gasteiger partial charge in [0.25, 0.3) is 0 Å². The predicted molar refractivity (Wildman–Crippen MR) is 299 cm³/mol. The van der Waals surface area contributed by atoms with Crippen LogP contribution in [0, 0.1) is 5.41 Å². The average Bonchev–Trinajstić information content (AvgIpc) is 3.33. The molecule has 404 valence electrons. The predicted octanol–water partition coefficient (Wildman–Crippen LogP) is 18.4. The van der Waals surface area contributed by atoms with Crippen molar-refractivity contribution in [1.82, 2.24) is 14.7 Å². The molecular weight excluding hydrogens is 835 g/mol. The average molecular weight is 959 g/mol. The van der Waals surface area contributed by atoms with Crippen LogP contribution < -0.4 is 0 Å². The molecule has 0 atom stereocenters. The van der Waals surface area contributed by atoms with Crippen molar-refractivity contribution in [2.45, 2.75) is 329 Å². The monoisotopic (exact) mass is 958 g/mol. The van der Waals surface area contributed by atoms with E-state index in [1.165, 1.54) is 263 Å². The van der Waals surface area contributed by atoms with Crippen LogP contribution in [-0.4, -0.2) is 84.0 Å². The van der Waals surface area contributed by atoms with Crippen LogP contribution >= 0.6 is 0 Å². The second-order valence-electron chi connectivity index (χ2n) is 22.5. The fourth-order valence-electron chi connectivity index (χ4n) is 10.9. The van der Waals surface area contributed by atoms with Crippen molar-refractivity contribution in [1.29, 1.82) is 0 Å². The summed E-state index contributed by atoms with van der Waals surface area (Å²) in [5.41, 5.74) is 0.130. The zero-order valence-corrected chi connectivity index (χ0v) is 47.0. The van der Waals surface area contributed by atoms with Crippen LogP contribution in [0.3, 0.4) is 0 Å². The molecule has 68 heavy (non-hydrogen) atoms. The van der Waals surface area contributed by atoms with Crippen molar-refractivity contribution >= 4 is 11.8 Å². The van der Waals surface area contributed by atoms with Gasteiger partial charge in [0.1, 0.15) is 0 Å². The molecule has 0 saturated heterocycles. The van der Waals surface area contributed by atoms with E-state index < -0.39 is 0 Å². The first-order valence-electron chi connectivity index (χ1n) is 31.3. The highest BCUT2D eigenvalue weighted by Gasteiger charge is 2.37. The molecule has 1 saturated carbocycles. The molecule has 0 aromatic heterocycles. The number of rotatable bonds is 55. The number of amides is 2. The first kappa shape index (κ1) is 64.9. The molecule has 1 aliphatic carbocycles. The highest BCUT2D eigenvalue weighted by atomic mass is 16.3. The fraction of sp³-hybridized carbons (Fsp3) is 0.968. The number of unbranched alkanes of at least 4 members (excludes halogenated alkanes) is 36. The molecule has 0 bridgehead atoms. The minimum absolute atomic E-state index is 0.130. The SMILES string of the molecule is CCCCCCCCCCN(CCCCCCCCCC)C(=O)CCCCCCCN(CCCCCCCC(=O)N(CCCCCCCCCC)CCCCCCCCCC)CC1(CO)CCC1. The van der Waals surface area contributed by atoms with Gasteiger partial charge in [0, 0.05) is 57.6 Å². The molecule has 1 fully saturated rings. The summed E-state index contributed by atoms with van der Waals surface area (Å²) < 4.78 is 0. The summed E-state index contributed by atoms with van der Waals surface area (Å²) in [5, 5.41) is 10.3. The normalized spacial score (nSPS) is 13.4. The van der Waals surface area contributed by atoms with Gasteiger partial charge in [-0.15, -0.1) is 0 Å². The molecule has 0 heterocycles. The lowest BCUT2D eigenvalue weighted by Crippen LogP contribution is -2.45. The van der Waals surface area contributed by atoms with Crippen molar-refractivity contribution in [3.63, 3.8) is 0 Å². The number of aliphatic hydroxyl groups is 1. The third-order valence-corrected chi connectivity index (χ3v) is 15.9. The van der Waals surface area contributed by atoms with Gasteiger partial charge in [-0.25, -0.2) is 0 Å². The Bertz CT molecular complexity index is 948. The lowest BCUT2D eigenvalue weighted by Gasteiger charge is -2.44. The van der Waals surface area contributed by atoms with Crippen LogP contribution in [0.25, 0.3) is 0 Å². The molecule has 1 rings (SSSR count). The Labute approximate surface area is 426 Å². The molecule has 6 nitrogen and oxygen atoms in total. The maximum Gasteiger partial charge on any atom is 0.222 e. The van der Waals surface area contributed by atoms with Gasteiger partial charge in [-0.05, 0) is 77.3 Å². The van der Waals surface area contributed by atoms with Crippen molar-refractivity contribution in [2.24, 2.45) is 5.41 Å². The molecule has 0 aromatic rings. The molecule has 0 spiro atoms. The van der Waals surface area contributed by atoms with E-state index in [9.17, 15) is 14.7 Å². The molecular formula is C62H123N3O3. The van der Waals surface area contributed by atoms with E-state index in [1.807, 2.05) is 0 Å². The summed E-state index contributed by atoms with van der Waals surface area (Å²) in [6.07, 6.45) is 59.0. The summed E-state index contributed by atoms with van der Waals surface area (Å²) in [4.78, 5) is 34.1. The molecule has 1 aliphatic rings. The quantitative estimate of drug-likeness (QED) is 0.0617. The van der Waals surface area contributed by atoms with Gasteiger partial charge in [0.2, 0.25) is 11.8 Å². The van der Waals surface area contributed by atoms with E-state index in [4.69, 9.17) is 0 Å². The minimum Gasteiger partial charge on any atom is -0.396 e. The van der Waals surface area contributed by atoms with E-state index >= 15 is 0 Å². The van der Waals surface area contributed by atoms with Crippen molar-refractivity contribution < 1.29 is 14.7 Å². The van der Waals surface area contributed by atoms with Gasteiger partial charge in [-0.2, -0.15) is 0 Å².